The summed E-state index contributed by atoms with van der Waals surface area (Å²) in [7, 11) is 0. The molecule has 0 radical (unpaired) electrons. The topological polar surface area (TPSA) is 35.2 Å². The third-order valence-electron chi connectivity index (χ3n) is 2.43. The molecule has 2 nitrogen and oxygen atoms in total. The highest BCUT2D eigenvalue weighted by Crippen LogP contribution is 2.18. The third-order valence-corrected chi connectivity index (χ3v) is 2.89. The zero-order chi connectivity index (χ0) is 12.0. The first-order chi connectivity index (χ1) is 7.61. The van der Waals surface area contributed by atoms with Gasteiger partial charge in [-0.15, -0.1) is 0 Å². The predicted octanol–water partition coefficient (Wildman–Crippen LogP) is 3.98. The van der Waals surface area contributed by atoms with Crippen molar-refractivity contribution in [2.75, 3.05) is 12.3 Å². The van der Waals surface area contributed by atoms with Gasteiger partial charge in [0.1, 0.15) is 0 Å². The number of rotatable bonds is 6. The summed E-state index contributed by atoms with van der Waals surface area (Å²) in [6.45, 7) is 5.88. The van der Waals surface area contributed by atoms with E-state index in [1.807, 2.05) is 18.2 Å². The highest BCUT2D eigenvalue weighted by molar-refractivity contribution is 9.10. The van der Waals surface area contributed by atoms with E-state index in [0.29, 0.717) is 12.5 Å². The van der Waals surface area contributed by atoms with E-state index in [9.17, 15) is 0 Å². The molecule has 0 saturated carbocycles. The first-order valence-corrected chi connectivity index (χ1v) is 6.53. The number of nitrogens with two attached hydrogens (primary N) is 1. The molecule has 0 saturated heterocycles. The van der Waals surface area contributed by atoms with Crippen molar-refractivity contribution in [1.29, 1.82) is 0 Å². The summed E-state index contributed by atoms with van der Waals surface area (Å²) in [5.74, 6) is 0.634. The summed E-state index contributed by atoms with van der Waals surface area (Å²) < 4.78 is 6.67. The number of hydrogen-bond donors (Lipinski definition) is 1. The van der Waals surface area contributed by atoms with Gasteiger partial charge in [-0.3, -0.25) is 0 Å². The molecular formula is C13H20BrNO. The lowest BCUT2D eigenvalue weighted by molar-refractivity contribution is 0.0893. The van der Waals surface area contributed by atoms with Gasteiger partial charge in [0.2, 0.25) is 0 Å². The van der Waals surface area contributed by atoms with Gasteiger partial charge in [-0.1, -0.05) is 36.2 Å². The van der Waals surface area contributed by atoms with Crippen LogP contribution in [0.2, 0.25) is 0 Å². The standard InChI is InChI=1S/C13H20BrNO/c1-3-4-10(2)8-16-9-11-5-12(14)7-13(15)6-11/h5-7,10H,3-4,8-9,15H2,1-2H3. The van der Waals surface area contributed by atoms with Gasteiger partial charge in [-0.05, 0) is 36.1 Å². The van der Waals surface area contributed by atoms with Gasteiger partial charge in [0.25, 0.3) is 0 Å². The van der Waals surface area contributed by atoms with E-state index in [2.05, 4.69) is 29.8 Å². The van der Waals surface area contributed by atoms with Crippen LogP contribution in [0.1, 0.15) is 32.3 Å². The number of hydrogen-bond acceptors (Lipinski definition) is 2. The maximum atomic E-state index is 5.75. The van der Waals surface area contributed by atoms with Crippen molar-refractivity contribution in [2.45, 2.75) is 33.3 Å². The van der Waals surface area contributed by atoms with E-state index in [4.69, 9.17) is 10.5 Å². The summed E-state index contributed by atoms with van der Waals surface area (Å²) >= 11 is 3.42. The molecule has 0 bridgehead atoms. The Bertz CT molecular complexity index is 307. The van der Waals surface area contributed by atoms with E-state index in [1.54, 1.807) is 0 Å². The smallest absolute Gasteiger partial charge is 0.0718 e. The quantitative estimate of drug-likeness (QED) is 0.803. The zero-order valence-electron chi connectivity index (χ0n) is 10.0. The fourth-order valence-electron chi connectivity index (χ4n) is 1.71. The Hall–Kier alpha value is -0.540. The lowest BCUT2D eigenvalue weighted by atomic mass is 10.1. The van der Waals surface area contributed by atoms with Crippen LogP contribution in [0.25, 0.3) is 0 Å². The normalized spacial score (nSPS) is 12.7. The second-order valence-corrected chi connectivity index (χ2v) is 5.22. The average Bonchev–Trinajstić information content (AvgIpc) is 2.16. The zero-order valence-corrected chi connectivity index (χ0v) is 11.6. The summed E-state index contributed by atoms with van der Waals surface area (Å²) in [4.78, 5) is 0. The molecule has 1 atom stereocenters. The lowest BCUT2D eigenvalue weighted by Crippen LogP contribution is -2.05. The van der Waals surface area contributed by atoms with Crippen LogP contribution in [0.15, 0.2) is 22.7 Å². The van der Waals surface area contributed by atoms with E-state index in [0.717, 1.165) is 22.3 Å². The Balaban J connectivity index is 2.37. The number of nitrogen functional groups attached to an aromatic ring is 1. The number of ether oxygens (including phenoxy) is 1. The Labute approximate surface area is 106 Å². The second-order valence-electron chi connectivity index (χ2n) is 4.30. The Morgan fingerprint density at radius 3 is 2.75 bits per heavy atom. The van der Waals surface area contributed by atoms with Crippen molar-refractivity contribution in [1.82, 2.24) is 0 Å². The van der Waals surface area contributed by atoms with Crippen LogP contribution in [0.3, 0.4) is 0 Å². The van der Waals surface area contributed by atoms with Gasteiger partial charge < -0.3 is 10.5 Å². The number of benzene rings is 1. The van der Waals surface area contributed by atoms with Crippen LogP contribution in [0.5, 0.6) is 0 Å². The summed E-state index contributed by atoms with van der Waals surface area (Å²) in [6.07, 6.45) is 2.44. The van der Waals surface area contributed by atoms with Crippen molar-refractivity contribution in [3.05, 3.63) is 28.2 Å². The second kappa shape index (κ2) is 6.92. The molecule has 2 N–H and O–H groups in total. The van der Waals surface area contributed by atoms with Crippen molar-refractivity contribution in [3.63, 3.8) is 0 Å². The molecule has 0 heterocycles. The van der Waals surface area contributed by atoms with E-state index < -0.39 is 0 Å². The lowest BCUT2D eigenvalue weighted by Gasteiger charge is -2.11. The van der Waals surface area contributed by atoms with E-state index >= 15 is 0 Å². The van der Waals surface area contributed by atoms with Crippen molar-refractivity contribution in [2.24, 2.45) is 5.92 Å². The first-order valence-electron chi connectivity index (χ1n) is 5.74. The van der Waals surface area contributed by atoms with Gasteiger partial charge >= 0.3 is 0 Å². The van der Waals surface area contributed by atoms with Crippen LogP contribution >= 0.6 is 15.9 Å². The molecule has 0 aliphatic heterocycles. The van der Waals surface area contributed by atoms with Crippen LogP contribution in [0.4, 0.5) is 5.69 Å². The minimum atomic E-state index is 0.634. The van der Waals surface area contributed by atoms with Crippen LogP contribution in [-0.2, 0) is 11.3 Å². The molecule has 0 aliphatic carbocycles. The van der Waals surface area contributed by atoms with Gasteiger partial charge in [-0.2, -0.15) is 0 Å². The summed E-state index contributed by atoms with van der Waals surface area (Å²) in [6, 6.07) is 5.89. The van der Waals surface area contributed by atoms with E-state index in [1.165, 1.54) is 12.8 Å². The van der Waals surface area contributed by atoms with Gasteiger partial charge in [0.15, 0.2) is 0 Å². The maximum absolute atomic E-state index is 5.75. The van der Waals surface area contributed by atoms with Gasteiger partial charge in [0.05, 0.1) is 6.61 Å². The van der Waals surface area contributed by atoms with Gasteiger partial charge in [0, 0.05) is 16.8 Å². The fraction of sp³-hybridized carbons (Fsp3) is 0.538. The molecule has 1 unspecified atom stereocenters. The molecule has 0 aliphatic rings. The molecule has 1 rings (SSSR count). The summed E-state index contributed by atoms with van der Waals surface area (Å²) in [5, 5.41) is 0. The predicted molar refractivity (Wildman–Crippen MR) is 72.3 cm³/mol. The SMILES string of the molecule is CCCC(C)COCc1cc(N)cc(Br)c1. The number of halogens is 1. The molecule has 0 aromatic heterocycles. The average molecular weight is 286 g/mol. The van der Waals surface area contributed by atoms with Crippen molar-refractivity contribution >= 4 is 21.6 Å². The molecule has 0 amide bonds. The minimum Gasteiger partial charge on any atom is -0.399 e. The van der Waals surface area contributed by atoms with Crippen molar-refractivity contribution in [3.8, 4) is 0 Å². The largest absolute Gasteiger partial charge is 0.399 e. The third kappa shape index (κ3) is 4.99. The Morgan fingerprint density at radius 2 is 2.12 bits per heavy atom. The van der Waals surface area contributed by atoms with Crippen LogP contribution in [-0.4, -0.2) is 6.61 Å². The maximum Gasteiger partial charge on any atom is 0.0718 e. The van der Waals surface area contributed by atoms with E-state index in [-0.39, 0.29) is 0 Å². The molecule has 1 aromatic carbocycles. The first kappa shape index (κ1) is 13.5. The van der Waals surface area contributed by atoms with Gasteiger partial charge in [-0.25, -0.2) is 0 Å². The molecule has 0 fully saturated rings. The summed E-state index contributed by atoms with van der Waals surface area (Å²) in [5.41, 5.74) is 7.65. The number of anilines is 1. The monoisotopic (exact) mass is 285 g/mol. The molecule has 90 valence electrons. The fourth-order valence-corrected chi connectivity index (χ4v) is 2.27. The Morgan fingerprint density at radius 1 is 1.38 bits per heavy atom. The van der Waals surface area contributed by atoms with Crippen LogP contribution < -0.4 is 5.73 Å². The molecule has 3 heteroatoms. The van der Waals surface area contributed by atoms with Crippen molar-refractivity contribution < 1.29 is 4.74 Å². The molecule has 16 heavy (non-hydrogen) atoms. The highest BCUT2D eigenvalue weighted by atomic mass is 79.9. The highest BCUT2D eigenvalue weighted by Gasteiger charge is 2.02. The Kier molecular flexibility index (Phi) is 5.85. The molecular weight excluding hydrogens is 266 g/mol. The molecule has 0 spiro atoms. The minimum absolute atomic E-state index is 0.634. The van der Waals surface area contributed by atoms with Crippen LogP contribution in [0, 0.1) is 5.92 Å². The molecule has 1 aromatic rings.